The number of nitrogens with two attached hydrogens (primary N) is 1. The molecule has 0 fully saturated rings. The van der Waals surface area contributed by atoms with Crippen LogP contribution in [0, 0.1) is 0 Å². The topological polar surface area (TPSA) is 73.8 Å². The first-order chi connectivity index (χ1) is 10.2. The van der Waals surface area contributed by atoms with Gasteiger partial charge in [-0.1, -0.05) is 30.3 Å². The number of benzene rings is 1. The zero-order chi connectivity index (χ0) is 14.7. The van der Waals surface area contributed by atoms with E-state index in [1.807, 2.05) is 42.5 Å². The molecule has 3 aromatic rings. The molecule has 0 atom stereocenters. The van der Waals surface area contributed by atoms with E-state index in [-0.39, 0.29) is 12.5 Å². The highest BCUT2D eigenvalue weighted by Gasteiger charge is 2.08. The van der Waals surface area contributed by atoms with Gasteiger partial charge in [0.1, 0.15) is 12.4 Å². The SMILES string of the molecule is NC(=O)Cn1ccnc1-c1ccc(-c2ccccn2)cc1. The zero-order valence-electron chi connectivity index (χ0n) is 11.3. The van der Waals surface area contributed by atoms with Gasteiger partial charge in [0.2, 0.25) is 5.91 Å². The monoisotopic (exact) mass is 278 g/mol. The molecule has 1 aromatic carbocycles. The van der Waals surface area contributed by atoms with Gasteiger partial charge in [-0.25, -0.2) is 4.98 Å². The first kappa shape index (κ1) is 13.1. The largest absolute Gasteiger partial charge is 0.368 e. The number of imidazole rings is 1. The van der Waals surface area contributed by atoms with Gasteiger partial charge in [-0.05, 0) is 12.1 Å². The van der Waals surface area contributed by atoms with Crippen LogP contribution < -0.4 is 5.73 Å². The molecule has 0 spiro atoms. The van der Waals surface area contributed by atoms with Crippen LogP contribution in [0.15, 0.2) is 61.1 Å². The van der Waals surface area contributed by atoms with Crippen molar-refractivity contribution < 1.29 is 4.79 Å². The summed E-state index contributed by atoms with van der Waals surface area (Å²) in [5.41, 5.74) is 8.12. The Bertz CT molecular complexity index is 747. The molecule has 0 saturated heterocycles. The summed E-state index contributed by atoms with van der Waals surface area (Å²) in [7, 11) is 0. The summed E-state index contributed by atoms with van der Waals surface area (Å²) >= 11 is 0. The van der Waals surface area contributed by atoms with Gasteiger partial charge in [0.25, 0.3) is 0 Å². The van der Waals surface area contributed by atoms with E-state index in [1.54, 1.807) is 23.2 Å². The maximum atomic E-state index is 11.1. The minimum absolute atomic E-state index is 0.122. The Hall–Kier alpha value is -2.95. The molecule has 1 amide bonds. The van der Waals surface area contributed by atoms with E-state index in [1.165, 1.54) is 0 Å². The first-order valence-electron chi connectivity index (χ1n) is 6.55. The van der Waals surface area contributed by atoms with Crippen LogP contribution >= 0.6 is 0 Å². The number of pyridine rings is 1. The lowest BCUT2D eigenvalue weighted by molar-refractivity contribution is -0.118. The van der Waals surface area contributed by atoms with Crippen molar-refractivity contribution in [2.24, 2.45) is 5.73 Å². The molecule has 5 heteroatoms. The van der Waals surface area contributed by atoms with Crippen LogP contribution in [0.5, 0.6) is 0 Å². The fourth-order valence-electron chi connectivity index (χ4n) is 2.19. The lowest BCUT2D eigenvalue weighted by Gasteiger charge is -2.06. The van der Waals surface area contributed by atoms with E-state index in [0.29, 0.717) is 0 Å². The molecule has 3 rings (SSSR count). The lowest BCUT2D eigenvalue weighted by Crippen LogP contribution is -2.18. The summed E-state index contributed by atoms with van der Waals surface area (Å²) in [6, 6.07) is 13.7. The Morgan fingerprint density at radius 3 is 2.43 bits per heavy atom. The maximum Gasteiger partial charge on any atom is 0.237 e. The standard InChI is InChI=1S/C16H14N4O/c17-15(21)11-20-10-9-19-16(20)13-6-4-12(5-7-13)14-3-1-2-8-18-14/h1-10H,11H2,(H2,17,21). The van der Waals surface area contributed by atoms with E-state index in [9.17, 15) is 4.79 Å². The quantitative estimate of drug-likeness (QED) is 0.794. The van der Waals surface area contributed by atoms with Crippen LogP contribution in [-0.2, 0) is 11.3 Å². The number of primary amides is 1. The second-order valence-electron chi connectivity index (χ2n) is 4.64. The highest BCUT2D eigenvalue weighted by Crippen LogP contribution is 2.22. The van der Waals surface area contributed by atoms with Crippen LogP contribution in [0.1, 0.15) is 0 Å². The predicted molar refractivity (Wildman–Crippen MR) is 80.1 cm³/mol. The van der Waals surface area contributed by atoms with Crippen molar-refractivity contribution in [1.29, 1.82) is 0 Å². The molecular weight excluding hydrogens is 264 g/mol. The van der Waals surface area contributed by atoms with Gasteiger partial charge in [-0.15, -0.1) is 0 Å². The zero-order valence-corrected chi connectivity index (χ0v) is 11.3. The van der Waals surface area contributed by atoms with Crippen LogP contribution in [0.4, 0.5) is 0 Å². The third kappa shape index (κ3) is 2.81. The third-order valence-electron chi connectivity index (χ3n) is 3.15. The highest BCUT2D eigenvalue weighted by molar-refractivity contribution is 5.74. The summed E-state index contributed by atoms with van der Waals surface area (Å²) in [5.74, 6) is 0.334. The molecule has 0 aliphatic heterocycles. The second-order valence-corrected chi connectivity index (χ2v) is 4.64. The lowest BCUT2D eigenvalue weighted by atomic mass is 10.1. The number of hydrogen-bond acceptors (Lipinski definition) is 3. The van der Waals surface area contributed by atoms with Crippen molar-refractivity contribution in [3.05, 3.63) is 61.1 Å². The summed E-state index contributed by atoms with van der Waals surface area (Å²) in [6.07, 6.45) is 5.17. The summed E-state index contributed by atoms with van der Waals surface area (Å²) < 4.78 is 1.73. The molecule has 0 saturated carbocycles. The van der Waals surface area contributed by atoms with Gasteiger partial charge in [0.15, 0.2) is 0 Å². The van der Waals surface area contributed by atoms with Crippen LogP contribution in [0.3, 0.4) is 0 Å². The van der Waals surface area contributed by atoms with Crippen molar-refractivity contribution in [2.45, 2.75) is 6.54 Å². The number of carbonyl (C=O) groups is 1. The molecule has 0 aliphatic carbocycles. The van der Waals surface area contributed by atoms with E-state index < -0.39 is 0 Å². The summed E-state index contributed by atoms with van der Waals surface area (Å²) in [5, 5.41) is 0. The van der Waals surface area contributed by atoms with Crippen molar-refractivity contribution in [3.8, 4) is 22.6 Å². The van der Waals surface area contributed by atoms with Crippen molar-refractivity contribution in [2.75, 3.05) is 0 Å². The molecule has 0 unspecified atom stereocenters. The van der Waals surface area contributed by atoms with Crippen LogP contribution in [-0.4, -0.2) is 20.4 Å². The van der Waals surface area contributed by atoms with Crippen LogP contribution in [0.2, 0.25) is 0 Å². The Balaban J connectivity index is 1.91. The molecule has 2 N–H and O–H groups in total. The molecule has 0 radical (unpaired) electrons. The minimum Gasteiger partial charge on any atom is -0.368 e. The van der Waals surface area contributed by atoms with Crippen molar-refractivity contribution >= 4 is 5.91 Å². The summed E-state index contributed by atoms with van der Waals surface area (Å²) in [4.78, 5) is 19.7. The number of nitrogens with zero attached hydrogens (tertiary/aromatic N) is 3. The average molecular weight is 278 g/mol. The molecule has 2 heterocycles. The maximum absolute atomic E-state index is 11.1. The third-order valence-corrected chi connectivity index (χ3v) is 3.15. The molecule has 0 aliphatic rings. The first-order valence-corrected chi connectivity index (χ1v) is 6.55. The Labute approximate surface area is 122 Å². The number of amides is 1. The van der Waals surface area contributed by atoms with Crippen molar-refractivity contribution in [3.63, 3.8) is 0 Å². The molecule has 0 bridgehead atoms. The molecule has 21 heavy (non-hydrogen) atoms. The highest BCUT2D eigenvalue weighted by atomic mass is 16.1. The number of aromatic nitrogens is 3. The van der Waals surface area contributed by atoms with Gasteiger partial charge >= 0.3 is 0 Å². The van der Waals surface area contributed by atoms with E-state index in [2.05, 4.69) is 9.97 Å². The average Bonchev–Trinajstić information content (AvgIpc) is 2.96. The Morgan fingerprint density at radius 1 is 1.00 bits per heavy atom. The fourth-order valence-corrected chi connectivity index (χ4v) is 2.19. The molecule has 2 aromatic heterocycles. The van der Waals surface area contributed by atoms with E-state index in [0.717, 1.165) is 22.6 Å². The number of rotatable bonds is 4. The fraction of sp³-hybridized carbons (Fsp3) is 0.0625. The molecular formula is C16H14N4O. The van der Waals surface area contributed by atoms with Gasteiger partial charge in [0.05, 0.1) is 5.69 Å². The van der Waals surface area contributed by atoms with Crippen LogP contribution in [0.25, 0.3) is 22.6 Å². The van der Waals surface area contributed by atoms with Gasteiger partial charge in [-0.2, -0.15) is 0 Å². The van der Waals surface area contributed by atoms with Gasteiger partial charge < -0.3 is 10.3 Å². The molecule has 104 valence electrons. The summed E-state index contributed by atoms with van der Waals surface area (Å²) in [6.45, 7) is 0.122. The Kier molecular flexibility index (Phi) is 3.47. The van der Waals surface area contributed by atoms with Crippen molar-refractivity contribution in [1.82, 2.24) is 14.5 Å². The smallest absolute Gasteiger partial charge is 0.237 e. The van der Waals surface area contributed by atoms with Gasteiger partial charge in [0, 0.05) is 29.7 Å². The number of carbonyl (C=O) groups excluding carboxylic acids is 1. The Morgan fingerprint density at radius 2 is 1.76 bits per heavy atom. The normalized spacial score (nSPS) is 10.5. The minimum atomic E-state index is -0.389. The van der Waals surface area contributed by atoms with E-state index >= 15 is 0 Å². The number of hydrogen-bond donors (Lipinski definition) is 1. The predicted octanol–water partition coefficient (Wildman–Crippen LogP) is 2.10. The second kappa shape index (κ2) is 5.58. The van der Waals surface area contributed by atoms with Gasteiger partial charge in [-0.3, -0.25) is 9.78 Å². The molecule has 5 nitrogen and oxygen atoms in total. The van der Waals surface area contributed by atoms with E-state index in [4.69, 9.17) is 5.73 Å².